The van der Waals surface area contributed by atoms with E-state index in [1.54, 1.807) is 24.3 Å². The largest absolute Gasteiger partial charge is 0.457 e. The molecule has 2 aliphatic rings. The van der Waals surface area contributed by atoms with Gasteiger partial charge in [0.2, 0.25) is 17.7 Å². The number of anilines is 1. The van der Waals surface area contributed by atoms with Gasteiger partial charge in [-0.2, -0.15) is 0 Å². The van der Waals surface area contributed by atoms with Crippen LogP contribution in [-0.2, 0) is 14.4 Å². The topological polar surface area (TPSA) is 75.7 Å². The molecule has 1 aliphatic heterocycles. The third-order valence-electron chi connectivity index (χ3n) is 5.35. The molecule has 0 spiro atoms. The van der Waals surface area contributed by atoms with E-state index < -0.39 is 0 Å². The van der Waals surface area contributed by atoms with Crippen LogP contribution in [0.3, 0.4) is 0 Å². The van der Waals surface area contributed by atoms with E-state index in [0.29, 0.717) is 11.4 Å². The molecule has 2 aromatic rings. The maximum atomic E-state index is 12.5. The third kappa shape index (κ3) is 3.76. The van der Waals surface area contributed by atoms with Gasteiger partial charge in [0.15, 0.2) is 0 Å². The van der Waals surface area contributed by atoms with Crippen molar-refractivity contribution in [3.05, 3.63) is 54.6 Å². The first-order valence-corrected chi connectivity index (χ1v) is 9.60. The van der Waals surface area contributed by atoms with Gasteiger partial charge in [-0.1, -0.05) is 31.0 Å². The summed E-state index contributed by atoms with van der Waals surface area (Å²) in [6, 6.07) is 16.4. The predicted octanol–water partition coefficient (Wildman–Crippen LogP) is 3.59. The Labute approximate surface area is 163 Å². The SMILES string of the molecule is O=C(CN1C(=O)C2CCCCC2C1=O)Nc1ccc(Oc2ccccc2)cc1. The van der Waals surface area contributed by atoms with Crippen molar-refractivity contribution < 1.29 is 19.1 Å². The number of carbonyl (C=O) groups is 3. The number of amides is 3. The Morgan fingerprint density at radius 3 is 2.07 bits per heavy atom. The van der Waals surface area contributed by atoms with Crippen LogP contribution in [0.2, 0.25) is 0 Å². The van der Waals surface area contributed by atoms with E-state index in [-0.39, 0.29) is 36.1 Å². The van der Waals surface area contributed by atoms with Crippen LogP contribution >= 0.6 is 0 Å². The van der Waals surface area contributed by atoms with Crippen LogP contribution in [0.25, 0.3) is 0 Å². The van der Waals surface area contributed by atoms with E-state index in [4.69, 9.17) is 4.74 Å². The summed E-state index contributed by atoms with van der Waals surface area (Å²) in [6.45, 7) is -0.229. The minimum atomic E-state index is -0.378. The Hall–Kier alpha value is -3.15. The molecule has 28 heavy (non-hydrogen) atoms. The van der Waals surface area contributed by atoms with Crippen molar-refractivity contribution in [3.63, 3.8) is 0 Å². The summed E-state index contributed by atoms with van der Waals surface area (Å²) >= 11 is 0. The lowest BCUT2D eigenvalue weighted by Gasteiger charge is -2.19. The first-order chi connectivity index (χ1) is 13.6. The number of hydrogen-bond acceptors (Lipinski definition) is 4. The van der Waals surface area contributed by atoms with Crippen LogP contribution < -0.4 is 10.1 Å². The van der Waals surface area contributed by atoms with Gasteiger partial charge in [0.05, 0.1) is 11.8 Å². The summed E-state index contributed by atoms with van der Waals surface area (Å²) in [5.74, 6) is 0.141. The number of rotatable bonds is 5. The number of imide groups is 1. The average molecular weight is 378 g/mol. The second-order valence-electron chi connectivity index (χ2n) is 7.25. The fourth-order valence-corrected chi connectivity index (χ4v) is 3.96. The third-order valence-corrected chi connectivity index (χ3v) is 5.35. The van der Waals surface area contributed by atoms with E-state index in [1.807, 2.05) is 30.3 Å². The van der Waals surface area contributed by atoms with Gasteiger partial charge in [-0.05, 0) is 49.2 Å². The summed E-state index contributed by atoms with van der Waals surface area (Å²) in [4.78, 5) is 38.4. The van der Waals surface area contributed by atoms with Crippen molar-refractivity contribution in [1.29, 1.82) is 0 Å². The molecule has 1 N–H and O–H groups in total. The Balaban J connectivity index is 1.35. The fourth-order valence-electron chi connectivity index (χ4n) is 3.96. The van der Waals surface area contributed by atoms with Crippen LogP contribution in [0, 0.1) is 11.8 Å². The Bertz CT molecular complexity index is 855. The van der Waals surface area contributed by atoms with E-state index in [9.17, 15) is 14.4 Å². The molecular weight excluding hydrogens is 356 g/mol. The molecule has 6 nitrogen and oxygen atoms in total. The quantitative estimate of drug-likeness (QED) is 0.807. The number of likely N-dealkylation sites (tertiary alicyclic amines) is 1. The summed E-state index contributed by atoms with van der Waals surface area (Å²) in [6.07, 6.45) is 3.43. The molecule has 1 saturated carbocycles. The smallest absolute Gasteiger partial charge is 0.244 e. The lowest BCUT2D eigenvalue weighted by molar-refractivity contribution is -0.142. The van der Waals surface area contributed by atoms with Crippen LogP contribution in [0.1, 0.15) is 25.7 Å². The number of para-hydroxylation sites is 1. The molecular formula is C22H22N2O4. The summed E-state index contributed by atoms with van der Waals surface area (Å²) < 4.78 is 5.72. The molecule has 1 heterocycles. The molecule has 4 rings (SSSR count). The molecule has 3 amide bonds. The van der Waals surface area contributed by atoms with Gasteiger partial charge in [0.25, 0.3) is 0 Å². The first kappa shape index (κ1) is 18.2. The molecule has 0 radical (unpaired) electrons. The molecule has 0 aromatic heterocycles. The van der Waals surface area contributed by atoms with E-state index in [0.717, 1.165) is 36.3 Å². The Morgan fingerprint density at radius 1 is 0.893 bits per heavy atom. The molecule has 1 aliphatic carbocycles. The van der Waals surface area contributed by atoms with Gasteiger partial charge in [0, 0.05) is 5.69 Å². The molecule has 1 saturated heterocycles. The zero-order valence-corrected chi connectivity index (χ0v) is 15.5. The van der Waals surface area contributed by atoms with Crippen molar-refractivity contribution in [2.24, 2.45) is 11.8 Å². The van der Waals surface area contributed by atoms with E-state index in [1.165, 1.54) is 0 Å². The zero-order chi connectivity index (χ0) is 19.5. The number of carbonyl (C=O) groups excluding carboxylic acids is 3. The van der Waals surface area contributed by atoms with Gasteiger partial charge < -0.3 is 10.1 Å². The van der Waals surface area contributed by atoms with Gasteiger partial charge in [-0.25, -0.2) is 0 Å². The minimum Gasteiger partial charge on any atom is -0.457 e. The lowest BCUT2D eigenvalue weighted by atomic mass is 9.81. The van der Waals surface area contributed by atoms with Gasteiger partial charge in [0.1, 0.15) is 18.0 Å². The average Bonchev–Trinajstić information content (AvgIpc) is 2.95. The van der Waals surface area contributed by atoms with Crippen molar-refractivity contribution in [1.82, 2.24) is 4.90 Å². The van der Waals surface area contributed by atoms with E-state index in [2.05, 4.69) is 5.32 Å². The number of nitrogens with one attached hydrogen (secondary N) is 1. The van der Waals surface area contributed by atoms with Crippen molar-refractivity contribution >= 4 is 23.4 Å². The Morgan fingerprint density at radius 2 is 1.46 bits per heavy atom. The normalized spacial score (nSPS) is 21.4. The highest BCUT2D eigenvalue weighted by Crippen LogP contribution is 2.37. The molecule has 6 heteroatoms. The standard InChI is InChI=1S/C22H22N2O4/c25-20(14-24-21(26)18-8-4-5-9-19(18)22(24)27)23-15-10-12-17(13-11-15)28-16-6-2-1-3-7-16/h1-3,6-7,10-13,18-19H,4-5,8-9,14H2,(H,23,25). The molecule has 2 aromatic carbocycles. The number of benzene rings is 2. The van der Waals surface area contributed by atoms with E-state index >= 15 is 0 Å². The first-order valence-electron chi connectivity index (χ1n) is 9.60. The molecule has 2 unspecified atom stereocenters. The summed E-state index contributed by atoms with van der Waals surface area (Å²) in [7, 11) is 0. The zero-order valence-electron chi connectivity index (χ0n) is 15.5. The number of hydrogen-bond donors (Lipinski definition) is 1. The maximum absolute atomic E-state index is 12.5. The van der Waals surface area contributed by atoms with Gasteiger partial charge >= 0.3 is 0 Å². The number of fused-ring (bicyclic) bond motifs is 1. The predicted molar refractivity (Wildman–Crippen MR) is 104 cm³/mol. The van der Waals surface area contributed by atoms with Crippen LogP contribution in [-0.4, -0.2) is 29.2 Å². The molecule has 2 fully saturated rings. The molecule has 0 bridgehead atoms. The maximum Gasteiger partial charge on any atom is 0.244 e. The van der Waals surface area contributed by atoms with Crippen molar-refractivity contribution in [2.45, 2.75) is 25.7 Å². The van der Waals surface area contributed by atoms with Gasteiger partial charge in [-0.3, -0.25) is 19.3 Å². The van der Waals surface area contributed by atoms with Crippen LogP contribution in [0.15, 0.2) is 54.6 Å². The summed E-state index contributed by atoms with van der Waals surface area (Å²) in [5.41, 5.74) is 0.585. The highest BCUT2D eigenvalue weighted by molar-refractivity contribution is 6.08. The highest BCUT2D eigenvalue weighted by Gasteiger charge is 2.48. The number of nitrogens with zero attached hydrogens (tertiary/aromatic N) is 1. The highest BCUT2D eigenvalue weighted by atomic mass is 16.5. The molecule has 2 atom stereocenters. The second kappa shape index (κ2) is 7.84. The van der Waals surface area contributed by atoms with Crippen molar-refractivity contribution in [2.75, 3.05) is 11.9 Å². The van der Waals surface area contributed by atoms with Crippen LogP contribution in [0.4, 0.5) is 5.69 Å². The molecule has 144 valence electrons. The lowest BCUT2D eigenvalue weighted by Crippen LogP contribution is -2.38. The van der Waals surface area contributed by atoms with Gasteiger partial charge in [-0.15, -0.1) is 0 Å². The Kier molecular flexibility index (Phi) is 5.10. The van der Waals surface area contributed by atoms with Crippen molar-refractivity contribution in [3.8, 4) is 11.5 Å². The second-order valence-corrected chi connectivity index (χ2v) is 7.25. The summed E-state index contributed by atoms with van der Waals surface area (Å²) in [5, 5.41) is 2.74. The fraction of sp³-hybridized carbons (Fsp3) is 0.318. The minimum absolute atomic E-state index is 0.198. The monoisotopic (exact) mass is 378 g/mol. The number of ether oxygens (including phenoxy) is 1. The van der Waals surface area contributed by atoms with Crippen LogP contribution in [0.5, 0.6) is 11.5 Å².